The molecule has 5 aliphatic rings. The third kappa shape index (κ3) is 2.24. The summed E-state index contributed by atoms with van der Waals surface area (Å²) in [6.45, 7) is 10.7. The van der Waals surface area contributed by atoms with Crippen molar-refractivity contribution in [1.29, 1.82) is 0 Å². The first-order valence-electron chi connectivity index (χ1n) is 8.93. The Morgan fingerprint density at radius 3 is 2.78 bits per heavy atom. The zero-order valence-corrected chi connectivity index (χ0v) is 14.3. The van der Waals surface area contributed by atoms with E-state index in [9.17, 15) is 0 Å². The summed E-state index contributed by atoms with van der Waals surface area (Å²) in [7, 11) is 0. The Labute approximate surface area is 138 Å². The molecule has 0 aromatic carbocycles. The monoisotopic (exact) mass is 324 g/mol. The van der Waals surface area contributed by atoms with Gasteiger partial charge in [-0.3, -0.25) is 0 Å². The van der Waals surface area contributed by atoms with E-state index in [0.717, 1.165) is 19.3 Å². The van der Waals surface area contributed by atoms with Crippen molar-refractivity contribution in [3.05, 3.63) is 12.7 Å². The minimum atomic E-state index is -0.721. The minimum absolute atomic E-state index is 0.232. The van der Waals surface area contributed by atoms with Gasteiger partial charge in [0.15, 0.2) is 18.2 Å². The summed E-state index contributed by atoms with van der Waals surface area (Å²) in [5.41, 5.74) is -0.499. The molecule has 1 aliphatic carbocycles. The summed E-state index contributed by atoms with van der Waals surface area (Å²) in [6.07, 6.45) is 5.25. The van der Waals surface area contributed by atoms with Gasteiger partial charge in [0.2, 0.25) is 5.79 Å². The molecule has 4 aliphatic heterocycles. The van der Waals surface area contributed by atoms with Gasteiger partial charge >= 0.3 is 0 Å². The number of hydrogen-bond donors (Lipinski definition) is 0. The van der Waals surface area contributed by atoms with Gasteiger partial charge in [0.05, 0.1) is 6.61 Å². The second kappa shape index (κ2) is 5.53. The molecule has 1 saturated carbocycles. The standard InChI is InChI=1S/C18H28O5/c1-5-10-19-15-12(3)14-7-6-11(2)13-8-9-17(4)21-16(20-15)18(13,14)23-22-17/h5,11-16H,1,6-10H2,2-4H3/t11-,12-,13?,14?,15+,16-,17?,18-/m1/s1. The van der Waals surface area contributed by atoms with Crippen LogP contribution in [0.2, 0.25) is 0 Å². The predicted molar refractivity (Wildman–Crippen MR) is 83.0 cm³/mol. The lowest BCUT2D eigenvalue weighted by atomic mass is 9.58. The lowest BCUT2D eigenvalue weighted by Gasteiger charge is -2.60. The normalized spacial score (nSPS) is 55.1. The first-order chi connectivity index (χ1) is 11.0. The molecule has 4 heterocycles. The van der Waals surface area contributed by atoms with Gasteiger partial charge < -0.3 is 14.2 Å². The van der Waals surface area contributed by atoms with Gasteiger partial charge in [-0.05, 0) is 38.0 Å². The lowest BCUT2D eigenvalue weighted by Crippen LogP contribution is -2.70. The van der Waals surface area contributed by atoms with Gasteiger partial charge in [0.1, 0.15) is 0 Å². The van der Waals surface area contributed by atoms with Crippen molar-refractivity contribution < 1.29 is 24.0 Å². The van der Waals surface area contributed by atoms with Crippen molar-refractivity contribution in [3.8, 4) is 0 Å². The molecule has 5 nitrogen and oxygen atoms in total. The highest BCUT2D eigenvalue weighted by molar-refractivity contribution is 5.09. The summed E-state index contributed by atoms with van der Waals surface area (Å²) in [4.78, 5) is 11.9. The van der Waals surface area contributed by atoms with E-state index in [4.69, 9.17) is 24.0 Å². The Kier molecular flexibility index (Phi) is 3.85. The Morgan fingerprint density at radius 1 is 1.17 bits per heavy atom. The van der Waals surface area contributed by atoms with Crippen molar-refractivity contribution in [1.82, 2.24) is 0 Å². The summed E-state index contributed by atoms with van der Waals surface area (Å²) in [6, 6.07) is 0. The maximum Gasteiger partial charge on any atom is 0.201 e. The van der Waals surface area contributed by atoms with Gasteiger partial charge in [-0.2, -0.15) is 0 Å². The molecule has 8 atom stereocenters. The second-order valence-corrected chi connectivity index (χ2v) is 7.90. The van der Waals surface area contributed by atoms with Crippen LogP contribution in [0.4, 0.5) is 0 Å². The second-order valence-electron chi connectivity index (χ2n) is 7.90. The van der Waals surface area contributed by atoms with Crippen LogP contribution < -0.4 is 0 Å². The molecule has 0 N–H and O–H groups in total. The van der Waals surface area contributed by atoms with Crippen LogP contribution in [0.5, 0.6) is 0 Å². The fourth-order valence-electron chi connectivity index (χ4n) is 5.23. The molecular formula is C18H28O5. The smallest absolute Gasteiger partial charge is 0.201 e. The van der Waals surface area contributed by atoms with Crippen LogP contribution in [0, 0.1) is 23.7 Å². The van der Waals surface area contributed by atoms with Crippen molar-refractivity contribution in [3.63, 3.8) is 0 Å². The highest BCUT2D eigenvalue weighted by Gasteiger charge is 2.69. The molecule has 5 fully saturated rings. The Hall–Kier alpha value is -0.460. The topological polar surface area (TPSA) is 46.2 Å². The molecule has 0 aromatic rings. The largest absolute Gasteiger partial charge is 0.348 e. The third-order valence-corrected chi connectivity index (χ3v) is 6.48. The van der Waals surface area contributed by atoms with E-state index in [0.29, 0.717) is 24.4 Å². The fourth-order valence-corrected chi connectivity index (χ4v) is 5.23. The lowest BCUT2D eigenvalue weighted by molar-refractivity contribution is -0.577. The van der Waals surface area contributed by atoms with Crippen molar-refractivity contribution in [2.24, 2.45) is 23.7 Å². The van der Waals surface area contributed by atoms with Gasteiger partial charge in [0, 0.05) is 18.3 Å². The van der Waals surface area contributed by atoms with Crippen molar-refractivity contribution in [2.75, 3.05) is 6.61 Å². The number of hydrogen-bond acceptors (Lipinski definition) is 5. The first-order valence-corrected chi connectivity index (χ1v) is 8.93. The Morgan fingerprint density at radius 2 is 2.00 bits per heavy atom. The van der Waals surface area contributed by atoms with E-state index >= 15 is 0 Å². The molecular weight excluding hydrogens is 296 g/mol. The van der Waals surface area contributed by atoms with Crippen LogP contribution in [0.25, 0.3) is 0 Å². The van der Waals surface area contributed by atoms with E-state index in [1.807, 2.05) is 6.92 Å². The van der Waals surface area contributed by atoms with E-state index in [1.54, 1.807) is 6.08 Å². The molecule has 0 radical (unpaired) electrons. The Bertz CT molecular complexity index is 482. The average Bonchev–Trinajstić information content (AvgIpc) is 2.76. The quantitative estimate of drug-likeness (QED) is 0.588. The summed E-state index contributed by atoms with van der Waals surface area (Å²) in [5, 5.41) is 0. The SMILES string of the molecule is C=CCO[C@H]1O[C@@H]2OC3(C)CCC4[C@H](C)CCC([C@H]1C)[C@]42OO3. The first kappa shape index (κ1) is 16.0. The molecule has 4 saturated heterocycles. The van der Waals surface area contributed by atoms with E-state index in [-0.39, 0.29) is 12.2 Å². The predicted octanol–water partition coefficient (Wildman–Crippen LogP) is 3.40. The summed E-state index contributed by atoms with van der Waals surface area (Å²) in [5.74, 6) is 0.818. The molecule has 5 heteroatoms. The Balaban J connectivity index is 1.71. The molecule has 1 spiro atoms. The summed E-state index contributed by atoms with van der Waals surface area (Å²) >= 11 is 0. The number of fused-ring (bicyclic) bond motifs is 2. The number of rotatable bonds is 3. The zero-order chi connectivity index (χ0) is 16.2. The van der Waals surface area contributed by atoms with Gasteiger partial charge in [0.25, 0.3) is 0 Å². The maximum absolute atomic E-state index is 6.26. The molecule has 23 heavy (non-hydrogen) atoms. The third-order valence-electron chi connectivity index (χ3n) is 6.48. The zero-order valence-electron chi connectivity index (χ0n) is 14.3. The van der Waals surface area contributed by atoms with Crippen LogP contribution >= 0.6 is 0 Å². The van der Waals surface area contributed by atoms with Crippen LogP contribution in [0.3, 0.4) is 0 Å². The summed E-state index contributed by atoms with van der Waals surface area (Å²) < 4.78 is 18.4. The van der Waals surface area contributed by atoms with Crippen molar-refractivity contribution in [2.45, 2.75) is 70.4 Å². The number of ether oxygens (including phenoxy) is 3. The van der Waals surface area contributed by atoms with Crippen LogP contribution in [-0.4, -0.2) is 30.6 Å². The molecule has 130 valence electrons. The van der Waals surface area contributed by atoms with Crippen LogP contribution in [-0.2, 0) is 24.0 Å². The fraction of sp³-hybridized carbons (Fsp3) is 0.889. The van der Waals surface area contributed by atoms with Gasteiger partial charge in [-0.15, -0.1) is 6.58 Å². The van der Waals surface area contributed by atoms with Gasteiger partial charge in [-0.1, -0.05) is 19.9 Å². The molecule has 2 bridgehead atoms. The molecule has 0 amide bonds. The van der Waals surface area contributed by atoms with E-state index < -0.39 is 17.7 Å². The average molecular weight is 324 g/mol. The molecule has 0 aromatic heterocycles. The maximum atomic E-state index is 6.26. The highest BCUT2D eigenvalue weighted by atomic mass is 17.3. The van der Waals surface area contributed by atoms with E-state index in [2.05, 4.69) is 20.4 Å². The van der Waals surface area contributed by atoms with Crippen molar-refractivity contribution >= 4 is 0 Å². The van der Waals surface area contributed by atoms with Crippen LogP contribution in [0.1, 0.15) is 46.5 Å². The van der Waals surface area contributed by atoms with E-state index in [1.165, 1.54) is 6.42 Å². The molecule has 5 rings (SSSR count). The molecule has 3 unspecified atom stereocenters. The minimum Gasteiger partial charge on any atom is -0.348 e. The van der Waals surface area contributed by atoms with Gasteiger partial charge in [-0.25, -0.2) is 9.78 Å². The highest BCUT2D eigenvalue weighted by Crippen LogP contribution is 2.60. The van der Waals surface area contributed by atoms with Crippen LogP contribution in [0.15, 0.2) is 12.7 Å².